The maximum Gasteiger partial charge on any atom is 0.252 e. The molecule has 1 atom stereocenters. The third-order valence-electron chi connectivity index (χ3n) is 3.40. The van der Waals surface area contributed by atoms with E-state index in [0.717, 1.165) is 6.07 Å². The third kappa shape index (κ3) is 3.30. The molecule has 2 aromatic rings. The lowest BCUT2D eigenvalue weighted by atomic mass is 10.0. The van der Waals surface area contributed by atoms with E-state index < -0.39 is 23.2 Å². The molecule has 0 aliphatic carbocycles. The van der Waals surface area contributed by atoms with Crippen molar-refractivity contribution in [2.24, 2.45) is 5.73 Å². The van der Waals surface area contributed by atoms with Gasteiger partial charge in [-0.25, -0.2) is 4.39 Å². The first-order valence-corrected chi connectivity index (χ1v) is 6.68. The molecule has 1 aromatic carbocycles. The van der Waals surface area contributed by atoms with E-state index in [9.17, 15) is 14.0 Å². The fourth-order valence-corrected chi connectivity index (χ4v) is 1.95. The molecule has 2 amide bonds. The lowest BCUT2D eigenvalue weighted by Crippen LogP contribution is -2.57. The number of aryl methyl sites for hydroxylation is 1. The summed E-state index contributed by atoms with van der Waals surface area (Å²) >= 11 is 0. The van der Waals surface area contributed by atoms with Crippen molar-refractivity contribution in [3.8, 4) is 0 Å². The summed E-state index contributed by atoms with van der Waals surface area (Å²) < 4.78 is 15.0. The molecule has 22 heavy (non-hydrogen) atoms. The minimum atomic E-state index is -1.34. The highest BCUT2D eigenvalue weighted by molar-refractivity contribution is 5.98. The first kappa shape index (κ1) is 15.7. The van der Waals surface area contributed by atoms with Crippen LogP contribution in [0.15, 0.2) is 36.7 Å². The average molecular weight is 304 g/mol. The fourth-order valence-electron chi connectivity index (χ4n) is 1.95. The highest BCUT2D eigenvalue weighted by atomic mass is 19.1. The van der Waals surface area contributed by atoms with Gasteiger partial charge in [-0.05, 0) is 37.6 Å². The highest BCUT2D eigenvalue weighted by Crippen LogP contribution is 2.12. The van der Waals surface area contributed by atoms with Gasteiger partial charge >= 0.3 is 0 Å². The zero-order valence-corrected chi connectivity index (χ0v) is 12.3. The Morgan fingerprint density at radius 3 is 2.73 bits per heavy atom. The van der Waals surface area contributed by atoms with E-state index in [-0.39, 0.29) is 12.1 Å². The van der Waals surface area contributed by atoms with Crippen molar-refractivity contribution in [2.75, 3.05) is 0 Å². The van der Waals surface area contributed by atoms with Crippen LogP contribution in [-0.2, 0) is 11.3 Å². The van der Waals surface area contributed by atoms with Crippen molar-refractivity contribution in [3.63, 3.8) is 0 Å². The van der Waals surface area contributed by atoms with Gasteiger partial charge in [0.1, 0.15) is 11.4 Å². The summed E-state index contributed by atoms with van der Waals surface area (Å²) in [5.74, 6) is -1.77. The van der Waals surface area contributed by atoms with E-state index in [2.05, 4.69) is 10.4 Å². The summed E-state index contributed by atoms with van der Waals surface area (Å²) in [6.45, 7) is 3.18. The van der Waals surface area contributed by atoms with E-state index in [4.69, 9.17) is 5.73 Å². The number of nitrogens with two attached hydrogens (primary N) is 1. The Hall–Kier alpha value is -2.70. The molecule has 1 unspecified atom stereocenters. The largest absolute Gasteiger partial charge is 0.368 e. The van der Waals surface area contributed by atoms with Crippen molar-refractivity contribution >= 4 is 11.8 Å². The third-order valence-corrected chi connectivity index (χ3v) is 3.40. The normalized spacial score (nSPS) is 13.4. The van der Waals surface area contributed by atoms with E-state index in [0.29, 0.717) is 5.56 Å². The van der Waals surface area contributed by atoms with Crippen LogP contribution >= 0.6 is 0 Å². The molecule has 6 nitrogen and oxygen atoms in total. The summed E-state index contributed by atoms with van der Waals surface area (Å²) in [7, 11) is 0. The van der Waals surface area contributed by atoms with Crippen LogP contribution in [0.5, 0.6) is 0 Å². The molecule has 0 saturated heterocycles. The summed E-state index contributed by atoms with van der Waals surface area (Å²) in [5, 5.41) is 6.54. The molecule has 0 fully saturated rings. The maximum absolute atomic E-state index is 13.6. The molecule has 0 bridgehead atoms. The molecule has 0 aliphatic rings. The number of rotatable bonds is 5. The number of primary amides is 1. The Balaban J connectivity index is 2.21. The zero-order chi connectivity index (χ0) is 16.3. The Labute approximate surface area is 127 Å². The molecule has 0 radical (unpaired) electrons. The molecular formula is C15H17FN4O2. The standard InChI is InChI=1S/C15H17FN4O2/c1-10-4-5-11(8-12(10)16)13(21)19-15(2,14(17)22)9-20-7-3-6-18-20/h3-8H,9H2,1-2H3,(H2,17,22)(H,19,21). The second kappa shape index (κ2) is 5.97. The van der Waals surface area contributed by atoms with E-state index in [1.54, 1.807) is 25.4 Å². The summed E-state index contributed by atoms with van der Waals surface area (Å²) in [6, 6.07) is 5.81. The van der Waals surface area contributed by atoms with Gasteiger partial charge in [-0.15, -0.1) is 0 Å². The second-order valence-corrected chi connectivity index (χ2v) is 5.32. The fraction of sp³-hybridized carbons (Fsp3) is 0.267. The first-order chi connectivity index (χ1) is 10.3. The minimum absolute atomic E-state index is 0.0788. The van der Waals surface area contributed by atoms with Crippen LogP contribution in [-0.4, -0.2) is 27.1 Å². The van der Waals surface area contributed by atoms with E-state index in [1.165, 1.54) is 23.7 Å². The lowest BCUT2D eigenvalue weighted by Gasteiger charge is -2.27. The number of aromatic nitrogens is 2. The van der Waals surface area contributed by atoms with Crippen molar-refractivity contribution in [2.45, 2.75) is 25.9 Å². The molecule has 0 saturated carbocycles. The number of hydrogen-bond acceptors (Lipinski definition) is 3. The van der Waals surface area contributed by atoms with Crippen molar-refractivity contribution in [1.29, 1.82) is 0 Å². The van der Waals surface area contributed by atoms with Gasteiger partial charge in [-0.3, -0.25) is 14.3 Å². The summed E-state index contributed by atoms with van der Waals surface area (Å²) in [6.07, 6.45) is 3.21. The Kier molecular flexibility index (Phi) is 4.25. The number of nitrogens with zero attached hydrogens (tertiary/aromatic N) is 2. The van der Waals surface area contributed by atoms with Crippen LogP contribution in [0, 0.1) is 12.7 Å². The van der Waals surface area contributed by atoms with Crippen LogP contribution in [0.2, 0.25) is 0 Å². The molecular weight excluding hydrogens is 287 g/mol. The van der Waals surface area contributed by atoms with Gasteiger partial charge in [-0.2, -0.15) is 5.10 Å². The second-order valence-electron chi connectivity index (χ2n) is 5.32. The molecule has 1 aromatic heterocycles. The molecule has 0 spiro atoms. The number of nitrogens with one attached hydrogen (secondary N) is 1. The van der Waals surface area contributed by atoms with Gasteiger partial charge in [-0.1, -0.05) is 6.07 Å². The van der Waals surface area contributed by atoms with Crippen molar-refractivity contribution < 1.29 is 14.0 Å². The Morgan fingerprint density at radius 1 is 1.45 bits per heavy atom. The predicted octanol–water partition coefficient (Wildman–Crippen LogP) is 1.00. The van der Waals surface area contributed by atoms with Gasteiger partial charge in [0.05, 0.1) is 6.54 Å². The molecule has 2 rings (SSSR count). The topological polar surface area (TPSA) is 90.0 Å². The lowest BCUT2D eigenvalue weighted by molar-refractivity contribution is -0.124. The molecule has 1 heterocycles. The van der Waals surface area contributed by atoms with E-state index >= 15 is 0 Å². The monoisotopic (exact) mass is 304 g/mol. The average Bonchev–Trinajstić information content (AvgIpc) is 2.94. The number of benzene rings is 1. The van der Waals surface area contributed by atoms with Crippen LogP contribution in [0.25, 0.3) is 0 Å². The van der Waals surface area contributed by atoms with Crippen LogP contribution in [0.4, 0.5) is 4.39 Å². The van der Waals surface area contributed by atoms with Crippen LogP contribution in [0.3, 0.4) is 0 Å². The van der Waals surface area contributed by atoms with Gasteiger partial charge in [0.15, 0.2) is 0 Å². The van der Waals surface area contributed by atoms with Crippen molar-refractivity contribution in [1.82, 2.24) is 15.1 Å². The Morgan fingerprint density at radius 2 is 2.18 bits per heavy atom. The predicted molar refractivity (Wildman–Crippen MR) is 78.4 cm³/mol. The van der Waals surface area contributed by atoms with Crippen LogP contribution < -0.4 is 11.1 Å². The number of halogens is 1. The zero-order valence-electron chi connectivity index (χ0n) is 12.3. The number of hydrogen-bond donors (Lipinski definition) is 2. The summed E-state index contributed by atoms with van der Waals surface area (Å²) in [4.78, 5) is 24.0. The van der Waals surface area contributed by atoms with Gasteiger partial charge < -0.3 is 11.1 Å². The van der Waals surface area contributed by atoms with Gasteiger partial charge in [0.25, 0.3) is 5.91 Å². The smallest absolute Gasteiger partial charge is 0.252 e. The maximum atomic E-state index is 13.6. The molecule has 116 valence electrons. The van der Waals surface area contributed by atoms with E-state index in [1.807, 2.05) is 0 Å². The minimum Gasteiger partial charge on any atom is -0.368 e. The SMILES string of the molecule is Cc1ccc(C(=O)NC(C)(Cn2cccn2)C(N)=O)cc1F. The first-order valence-electron chi connectivity index (χ1n) is 6.68. The Bertz CT molecular complexity index is 700. The molecule has 3 N–H and O–H groups in total. The summed E-state index contributed by atoms with van der Waals surface area (Å²) in [5.41, 5.74) is 4.61. The molecule has 0 aliphatic heterocycles. The number of carbonyl (C=O) groups excluding carboxylic acids is 2. The van der Waals surface area contributed by atoms with Gasteiger partial charge in [0, 0.05) is 18.0 Å². The van der Waals surface area contributed by atoms with Gasteiger partial charge in [0.2, 0.25) is 5.91 Å². The quantitative estimate of drug-likeness (QED) is 0.863. The molecule has 7 heteroatoms. The number of amides is 2. The highest BCUT2D eigenvalue weighted by Gasteiger charge is 2.34. The van der Waals surface area contributed by atoms with Crippen molar-refractivity contribution in [3.05, 3.63) is 53.6 Å². The number of carbonyl (C=O) groups is 2. The van der Waals surface area contributed by atoms with Crippen LogP contribution in [0.1, 0.15) is 22.8 Å².